The highest BCUT2D eigenvalue weighted by Crippen LogP contribution is 2.40. The third-order valence-corrected chi connectivity index (χ3v) is 18.7. The molecule has 0 bridgehead atoms. The van der Waals surface area contributed by atoms with Gasteiger partial charge < -0.3 is 14.2 Å². The van der Waals surface area contributed by atoms with Crippen molar-refractivity contribution in [2.45, 2.75) is 458 Å². The van der Waals surface area contributed by atoms with Crippen molar-refractivity contribution >= 4 is 0 Å². The van der Waals surface area contributed by atoms with Crippen LogP contribution in [0.3, 0.4) is 0 Å². The van der Waals surface area contributed by atoms with Crippen molar-refractivity contribution < 1.29 is 14.2 Å². The highest BCUT2D eigenvalue weighted by molar-refractivity contribution is 5.54. The van der Waals surface area contributed by atoms with Crippen LogP contribution in [0.5, 0.6) is 17.2 Å². The van der Waals surface area contributed by atoms with Gasteiger partial charge >= 0.3 is 0 Å². The summed E-state index contributed by atoms with van der Waals surface area (Å²) in [6.45, 7) is 11.5. The van der Waals surface area contributed by atoms with Gasteiger partial charge in [0.2, 0.25) is 5.75 Å². The summed E-state index contributed by atoms with van der Waals surface area (Å²) in [6.07, 6.45) is 94.3. The molecule has 0 aliphatic rings. The van der Waals surface area contributed by atoms with E-state index in [1.165, 1.54) is 410 Å². The first kappa shape index (κ1) is 79.6. The minimum atomic E-state index is 0.746. The van der Waals surface area contributed by atoms with Crippen LogP contribution in [0.4, 0.5) is 0 Å². The molecule has 492 valence electrons. The molecule has 3 nitrogen and oxygen atoms in total. The quantitative estimate of drug-likeness (QED) is 0.0609. The zero-order chi connectivity index (χ0) is 59.3. The van der Waals surface area contributed by atoms with E-state index in [0.29, 0.717) is 0 Å². The van der Waals surface area contributed by atoms with Crippen LogP contribution in [0.25, 0.3) is 0 Å². The maximum Gasteiger partial charge on any atom is 0.203 e. The van der Waals surface area contributed by atoms with E-state index >= 15 is 0 Å². The molecule has 0 heterocycles. The first-order valence-electron chi connectivity index (χ1n) is 39.3. The lowest BCUT2D eigenvalue weighted by Gasteiger charge is -2.19. The molecule has 0 atom stereocenters. The van der Waals surface area contributed by atoms with Gasteiger partial charge in [-0.3, -0.25) is 0 Å². The molecular formula is C80H154O3. The predicted molar refractivity (Wildman–Crippen MR) is 374 cm³/mol. The molecule has 0 aliphatic carbocycles. The molecule has 0 aliphatic heterocycles. The second kappa shape index (κ2) is 69.7. The predicted octanol–water partition coefficient (Wildman–Crippen LogP) is 29.2. The van der Waals surface area contributed by atoms with E-state index < -0.39 is 0 Å². The molecule has 0 aromatic heterocycles. The Kier molecular flexibility index (Phi) is 66.9. The van der Waals surface area contributed by atoms with Crippen molar-refractivity contribution in [1.29, 1.82) is 0 Å². The fourth-order valence-electron chi connectivity index (χ4n) is 12.9. The number of rotatable bonds is 73. The van der Waals surface area contributed by atoms with Gasteiger partial charge in [0.1, 0.15) is 0 Å². The van der Waals surface area contributed by atoms with Crippen molar-refractivity contribution in [3.8, 4) is 17.2 Å². The summed E-state index contributed by atoms with van der Waals surface area (Å²) in [5.74, 6) is 2.69. The maximum absolute atomic E-state index is 6.67. The van der Waals surface area contributed by atoms with Gasteiger partial charge in [-0.15, -0.1) is 0 Å². The summed E-state index contributed by atoms with van der Waals surface area (Å²) in [5, 5.41) is 0. The van der Waals surface area contributed by atoms with Crippen LogP contribution in [0, 0.1) is 0 Å². The normalized spacial score (nSPS) is 11.6. The molecular weight excluding hydrogens is 1010 g/mol. The summed E-state index contributed by atoms with van der Waals surface area (Å²) in [6, 6.07) is 4.50. The Morgan fingerprint density at radius 1 is 0.181 bits per heavy atom. The van der Waals surface area contributed by atoms with Gasteiger partial charge in [0.05, 0.1) is 19.8 Å². The second-order valence-electron chi connectivity index (χ2n) is 27.1. The van der Waals surface area contributed by atoms with Crippen LogP contribution < -0.4 is 14.2 Å². The molecule has 0 spiro atoms. The molecule has 1 aromatic rings. The summed E-state index contributed by atoms with van der Waals surface area (Å²) < 4.78 is 19.9. The highest BCUT2D eigenvalue weighted by atomic mass is 16.5. The Balaban J connectivity index is 2.33. The van der Waals surface area contributed by atoms with Crippen molar-refractivity contribution in [3.05, 3.63) is 17.7 Å². The Hall–Kier alpha value is -1.38. The van der Waals surface area contributed by atoms with E-state index in [1.807, 2.05) is 0 Å². The Bertz CT molecular complexity index is 1270. The molecule has 1 aromatic carbocycles. The Morgan fingerprint density at radius 2 is 0.325 bits per heavy atom. The Labute approximate surface area is 524 Å². The van der Waals surface area contributed by atoms with E-state index in [-0.39, 0.29) is 0 Å². The molecule has 0 N–H and O–H groups in total. The number of hydrogen-bond acceptors (Lipinski definition) is 3. The van der Waals surface area contributed by atoms with E-state index in [1.54, 1.807) is 0 Å². The third kappa shape index (κ3) is 59.4. The fourth-order valence-corrected chi connectivity index (χ4v) is 12.9. The summed E-state index contributed by atoms with van der Waals surface area (Å²) >= 11 is 0. The average Bonchev–Trinajstić information content (AvgIpc) is 3.56. The fraction of sp³-hybridized carbons (Fsp3) is 0.925. The lowest BCUT2D eigenvalue weighted by molar-refractivity contribution is 0.234. The smallest absolute Gasteiger partial charge is 0.203 e. The molecule has 83 heavy (non-hydrogen) atoms. The van der Waals surface area contributed by atoms with E-state index in [0.717, 1.165) is 62.8 Å². The lowest BCUT2D eigenvalue weighted by atomic mass is 10.0. The zero-order valence-corrected chi connectivity index (χ0v) is 57.9. The summed E-state index contributed by atoms with van der Waals surface area (Å²) in [4.78, 5) is 0. The van der Waals surface area contributed by atoms with Crippen molar-refractivity contribution in [1.82, 2.24) is 0 Å². The maximum atomic E-state index is 6.67. The largest absolute Gasteiger partial charge is 0.490 e. The van der Waals surface area contributed by atoms with E-state index in [2.05, 4.69) is 39.8 Å². The van der Waals surface area contributed by atoms with Crippen molar-refractivity contribution in [3.63, 3.8) is 0 Å². The first-order valence-corrected chi connectivity index (χ1v) is 39.3. The van der Waals surface area contributed by atoms with Crippen LogP contribution in [0.2, 0.25) is 0 Å². The highest BCUT2D eigenvalue weighted by Gasteiger charge is 2.16. The Morgan fingerprint density at radius 3 is 0.482 bits per heavy atom. The van der Waals surface area contributed by atoms with Crippen molar-refractivity contribution in [2.75, 3.05) is 19.8 Å². The van der Waals surface area contributed by atoms with E-state index in [4.69, 9.17) is 14.2 Å². The number of unbranched alkanes of at least 4 members (excludes halogenated alkanes) is 63. The molecule has 0 fully saturated rings. The minimum Gasteiger partial charge on any atom is -0.490 e. The molecule has 0 amide bonds. The standard InChI is InChI=1S/C80H154O3/c1-5-9-12-15-18-21-24-27-30-33-36-39-42-45-48-51-54-57-60-63-66-69-72-81-78-75-77(8-4)76-79(82-73-70-67-64-61-58-55-52-49-46-43-40-37-34-31-28-25-22-19-16-13-10-6-2)80(78)83-74-71-68-65-62-59-56-53-50-47-44-41-38-35-32-29-26-23-20-17-14-11-7-3/h75-76H,5-74H2,1-4H3. The molecule has 0 unspecified atom stereocenters. The van der Waals surface area contributed by atoms with E-state index in [9.17, 15) is 0 Å². The molecule has 0 radical (unpaired) electrons. The van der Waals surface area contributed by atoms with Gasteiger partial charge in [0, 0.05) is 0 Å². The monoisotopic (exact) mass is 1160 g/mol. The zero-order valence-electron chi connectivity index (χ0n) is 57.9. The topological polar surface area (TPSA) is 27.7 Å². The van der Waals surface area contributed by atoms with Gasteiger partial charge in [-0.1, -0.05) is 432 Å². The van der Waals surface area contributed by atoms with Crippen LogP contribution >= 0.6 is 0 Å². The van der Waals surface area contributed by atoms with Crippen LogP contribution in [-0.2, 0) is 6.42 Å². The lowest BCUT2D eigenvalue weighted by Crippen LogP contribution is -2.07. The van der Waals surface area contributed by atoms with Gasteiger partial charge in [-0.2, -0.15) is 0 Å². The molecule has 3 heteroatoms. The van der Waals surface area contributed by atoms with Gasteiger partial charge in [-0.25, -0.2) is 0 Å². The summed E-state index contributed by atoms with van der Waals surface area (Å²) in [5.41, 5.74) is 1.29. The number of benzene rings is 1. The number of hydrogen-bond donors (Lipinski definition) is 0. The molecule has 0 saturated carbocycles. The second-order valence-corrected chi connectivity index (χ2v) is 27.1. The molecule has 0 saturated heterocycles. The van der Waals surface area contributed by atoms with Crippen LogP contribution in [0.15, 0.2) is 12.1 Å². The SMILES string of the molecule is CCCCCCCCCCCCCCCCCCCCCCCCOc1cc(CC)cc(OCCCCCCCCCCCCCCCCCCCCCCCC)c1OCCCCCCCCCCCCCCCCCCCCCCCC. The van der Waals surface area contributed by atoms with Crippen LogP contribution in [-0.4, -0.2) is 19.8 Å². The van der Waals surface area contributed by atoms with Gasteiger partial charge in [0.15, 0.2) is 11.5 Å². The van der Waals surface area contributed by atoms with Crippen LogP contribution in [0.1, 0.15) is 457 Å². The third-order valence-electron chi connectivity index (χ3n) is 18.7. The number of aryl methyl sites for hydroxylation is 1. The van der Waals surface area contributed by atoms with Gasteiger partial charge in [0.25, 0.3) is 0 Å². The molecule has 1 rings (SSSR count). The number of ether oxygens (including phenoxy) is 3. The summed E-state index contributed by atoms with van der Waals surface area (Å²) in [7, 11) is 0. The minimum absolute atomic E-state index is 0.746. The van der Waals surface area contributed by atoms with Gasteiger partial charge in [-0.05, 0) is 43.4 Å². The first-order chi connectivity index (χ1) is 41.3. The average molecular weight is 1160 g/mol. The van der Waals surface area contributed by atoms with Crippen molar-refractivity contribution in [2.24, 2.45) is 0 Å².